The largest absolute Gasteiger partial charge is 0.320 e. The van der Waals surface area contributed by atoms with Crippen molar-refractivity contribution in [2.45, 2.75) is 6.92 Å². The normalized spacial score (nSPS) is 10.8. The summed E-state index contributed by atoms with van der Waals surface area (Å²) in [6, 6.07) is 12.9. The Morgan fingerprint density at radius 1 is 1.05 bits per heavy atom. The van der Waals surface area contributed by atoms with Crippen LogP contribution in [-0.4, -0.2) is 5.91 Å². The fraction of sp³-hybridized carbons (Fsp3) is 0.0625. The summed E-state index contributed by atoms with van der Waals surface area (Å²) in [7, 11) is 0. The van der Waals surface area contributed by atoms with Crippen LogP contribution < -0.4 is 5.32 Å². The Hall–Kier alpha value is -1.77. The summed E-state index contributed by atoms with van der Waals surface area (Å²) in [6.45, 7) is 2.01. The van der Waals surface area contributed by atoms with Gasteiger partial charge in [0, 0.05) is 6.08 Å². The van der Waals surface area contributed by atoms with E-state index in [0.717, 1.165) is 5.56 Å². The van der Waals surface area contributed by atoms with Gasteiger partial charge < -0.3 is 5.32 Å². The molecule has 0 atom stereocenters. The molecular formula is C16H13Cl2NO. The van der Waals surface area contributed by atoms with Gasteiger partial charge in [-0.1, -0.05) is 59.1 Å². The maximum Gasteiger partial charge on any atom is 0.248 e. The first-order valence-corrected chi connectivity index (χ1v) is 6.81. The molecule has 0 heterocycles. The second-order valence-corrected chi connectivity index (χ2v) is 5.14. The minimum absolute atomic E-state index is 0.277. The number of halogens is 2. The van der Waals surface area contributed by atoms with Crippen molar-refractivity contribution in [3.63, 3.8) is 0 Å². The van der Waals surface area contributed by atoms with Crippen LogP contribution in [0, 0.1) is 6.92 Å². The molecule has 2 nitrogen and oxygen atoms in total. The standard InChI is InChI=1S/C16H13Cl2NO/c1-11-5-7-12(8-6-11)9-10-15(20)19-16-13(17)3-2-4-14(16)18/h2-10H,1H3,(H,19,20)/b10-9-. The van der Waals surface area contributed by atoms with Gasteiger partial charge in [0.15, 0.2) is 0 Å². The first-order chi connectivity index (χ1) is 9.56. The molecule has 2 rings (SSSR count). The Balaban J connectivity index is 2.07. The molecule has 0 saturated carbocycles. The molecule has 0 unspecified atom stereocenters. The lowest BCUT2D eigenvalue weighted by atomic mass is 10.1. The van der Waals surface area contributed by atoms with Crippen LogP contribution in [0.1, 0.15) is 11.1 Å². The summed E-state index contributed by atoms with van der Waals surface area (Å²) in [5.74, 6) is -0.277. The summed E-state index contributed by atoms with van der Waals surface area (Å²) in [5.41, 5.74) is 2.56. The van der Waals surface area contributed by atoms with Gasteiger partial charge in [-0.15, -0.1) is 0 Å². The van der Waals surface area contributed by atoms with E-state index in [4.69, 9.17) is 23.2 Å². The summed E-state index contributed by atoms with van der Waals surface area (Å²) in [6.07, 6.45) is 3.18. The molecule has 0 saturated heterocycles. The van der Waals surface area contributed by atoms with Crippen LogP contribution >= 0.6 is 23.2 Å². The maximum atomic E-state index is 11.8. The van der Waals surface area contributed by atoms with Crippen LogP contribution in [0.3, 0.4) is 0 Å². The van der Waals surface area contributed by atoms with Crippen molar-refractivity contribution in [1.29, 1.82) is 0 Å². The van der Waals surface area contributed by atoms with Crippen molar-refractivity contribution >= 4 is 40.9 Å². The molecule has 1 N–H and O–H groups in total. The molecule has 2 aromatic rings. The number of benzene rings is 2. The van der Waals surface area contributed by atoms with Gasteiger partial charge in [-0.05, 0) is 30.7 Å². The van der Waals surface area contributed by atoms with Crippen LogP contribution in [0.4, 0.5) is 5.69 Å². The molecular weight excluding hydrogens is 293 g/mol. The van der Waals surface area contributed by atoms with Gasteiger partial charge in [-0.3, -0.25) is 4.79 Å². The van der Waals surface area contributed by atoms with Gasteiger partial charge in [0.2, 0.25) is 5.91 Å². The van der Waals surface area contributed by atoms with Crippen molar-refractivity contribution in [3.8, 4) is 0 Å². The number of para-hydroxylation sites is 1. The van der Waals surface area contributed by atoms with Crippen LogP contribution in [0.5, 0.6) is 0 Å². The summed E-state index contributed by atoms with van der Waals surface area (Å²) in [5, 5.41) is 3.49. The highest BCUT2D eigenvalue weighted by Gasteiger charge is 2.07. The SMILES string of the molecule is Cc1ccc(/C=C\C(=O)Nc2c(Cl)cccc2Cl)cc1. The van der Waals surface area contributed by atoms with E-state index in [-0.39, 0.29) is 5.91 Å². The van der Waals surface area contributed by atoms with Crippen molar-refractivity contribution < 1.29 is 4.79 Å². The molecule has 2 aromatic carbocycles. The van der Waals surface area contributed by atoms with E-state index in [1.54, 1.807) is 24.3 Å². The molecule has 0 fully saturated rings. The number of nitrogens with one attached hydrogen (secondary N) is 1. The van der Waals surface area contributed by atoms with Crippen molar-refractivity contribution in [3.05, 3.63) is 69.7 Å². The average molecular weight is 306 g/mol. The number of aryl methyl sites for hydroxylation is 1. The zero-order valence-corrected chi connectivity index (χ0v) is 12.4. The third kappa shape index (κ3) is 3.86. The first kappa shape index (κ1) is 14.6. The second kappa shape index (κ2) is 6.60. The summed E-state index contributed by atoms with van der Waals surface area (Å²) < 4.78 is 0. The zero-order valence-electron chi connectivity index (χ0n) is 10.9. The lowest BCUT2D eigenvalue weighted by Gasteiger charge is -2.06. The summed E-state index contributed by atoms with van der Waals surface area (Å²) >= 11 is 12.0. The monoisotopic (exact) mass is 305 g/mol. The van der Waals surface area contributed by atoms with E-state index in [9.17, 15) is 4.79 Å². The Labute approximate surface area is 128 Å². The average Bonchev–Trinajstić information content (AvgIpc) is 2.42. The molecule has 102 valence electrons. The molecule has 0 radical (unpaired) electrons. The minimum atomic E-state index is -0.277. The topological polar surface area (TPSA) is 29.1 Å². The predicted octanol–water partition coefficient (Wildman–Crippen LogP) is 4.95. The number of rotatable bonds is 3. The van der Waals surface area contributed by atoms with Crippen LogP contribution in [0.25, 0.3) is 6.08 Å². The highest BCUT2D eigenvalue weighted by Crippen LogP contribution is 2.29. The van der Waals surface area contributed by atoms with Gasteiger partial charge >= 0.3 is 0 Å². The number of hydrogen-bond acceptors (Lipinski definition) is 1. The Kier molecular flexibility index (Phi) is 4.83. The second-order valence-electron chi connectivity index (χ2n) is 4.33. The van der Waals surface area contributed by atoms with Crippen LogP contribution in [0.2, 0.25) is 10.0 Å². The maximum absolute atomic E-state index is 11.8. The number of carbonyl (C=O) groups is 1. The molecule has 1 amide bonds. The van der Waals surface area contributed by atoms with Gasteiger partial charge in [0.1, 0.15) is 0 Å². The molecule has 0 aliphatic heterocycles. The smallest absolute Gasteiger partial charge is 0.248 e. The van der Waals surface area contributed by atoms with E-state index < -0.39 is 0 Å². The first-order valence-electron chi connectivity index (χ1n) is 6.06. The van der Waals surface area contributed by atoms with Crippen molar-refractivity contribution in [2.24, 2.45) is 0 Å². The highest BCUT2D eigenvalue weighted by molar-refractivity contribution is 6.39. The van der Waals surface area contributed by atoms with Crippen molar-refractivity contribution in [2.75, 3.05) is 5.32 Å². The number of anilines is 1. The Bertz CT molecular complexity index is 628. The number of carbonyl (C=O) groups excluding carboxylic acids is 1. The third-order valence-electron chi connectivity index (χ3n) is 2.72. The van der Waals surface area contributed by atoms with E-state index in [0.29, 0.717) is 15.7 Å². The predicted molar refractivity (Wildman–Crippen MR) is 85.3 cm³/mol. The minimum Gasteiger partial charge on any atom is -0.320 e. The molecule has 0 aliphatic rings. The molecule has 20 heavy (non-hydrogen) atoms. The molecule has 0 bridgehead atoms. The molecule has 0 aliphatic carbocycles. The Morgan fingerprint density at radius 3 is 2.25 bits per heavy atom. The molecule has 0 aromatic heterocycles. The van der Waals surface area contributed by atoms with Crippen LogP contribution in [-0.2, 0) is 4.79 Å². The number of hydrogen-bond donors (Lipinski definition) is 1. The third-order valence-corrected chi connectivity index (χ3v) is 3.35. The van der Waals surface area contributed by atoms with E-state index in [1.807, 2.05) is 31.2 Å². The van der Waals surface area contributed by atoms with E-state index >= 15 is 0 Å². The lowest BCUT2D eigenvalue weighted by Crippen LogP contribution is -2.08. The highest BCUT2D eigenvalue weighted by atomic mass is 35.5. The fourth-order valence-electron chi connectivity index (χ4n) is 1.63. The number of amides is 1. The van der Waals surface area contributed by atoms with E-state index in [1.165, 1.54) is 11.6 Å². The van der Waals surface area contributed by atoms with Crippen molar-refractivity contribution in [1.82, 2.24) is 0 Å². The van der Waals surface area contributed by atoms with Gasteiger partial charge in [0.25, 0.3) is 0 Å². The molecule has 0 spiro atoms. The van der Waals surface area contributed by atoms with Crippen LogP contribution in [0.15, 0.2) is 48.5 Å². The fourth-order valence-corrected chi connectivity index (χ4v) is 2.12. The Morgan fingerprint density at radius 2 is 1.65 bits per heavy atom. The van der Waals surface area contributed by atoms with Gasteiger partial charge in [-0.25, -0.2) is 0 Å². The molecule has 4 heteroatoms. The summed E-state index contributed by atoms with van der Waals surface area (Å²) in [4.78, 5) is 11.8. The zero-order chi connectivity index (χ0) is 14.5. The van der Waals surface area contributed by atoms with Gasteiger partial charge in [0.05, 0.1) is 15.7 Å². The van der Waals surface area contributed by atoms with E-state index in [2.05, 4.69) is 5.32 Å². The van der Waals surface area contributed by atoms with Gasteiger partial charge in [-0.2, -0.15) is 0 Å². The quantitative estimate of drug-likeness (QED) is 0.798. The lowest BCUT2D eigenvalue weighted by molar-refractivity contribution is -0.111.